The molecule has 0 aromatic heterocycles. The molecule has 1 fully saturated rings. The van der Waals surface area contributed by atoms with Crippen molar-refractivity contribution in [3.8, 4) is 12.3 Å². The molecule has 0 radical (unpaired) electrons. The summed E-state index contributed by atoms with van der Waals surface area (Å²) in [5, 5.41) is 3.23. The standard InChI is InChI=1S/C10H17N3O/c1-2-4-9(11)10(14)13-7-3-5-12-6-8-13/h1,9,12H,3-8,11H2. The van der Waals surface area contributed by atoms with E-state index in [0.29, 0.717) is 6.42 Å². The van der Waals surface area contributed by atoms with Crippen molar-refractivity contribution < 1.29 is 4.79 Å². The first-order valence-electron chi connectivity index (χ1n) is 4.94. The highest BCUT2D eigenvalue weighted by atomic mass is 16.2. The summed E-state index contributed by atoms with van der Waals surface area (Å²) in [4.78, 5) is 13.5. The van der Waals surface area contributed by atoms with Gasteiger partial charge in [-0.3, -0.25) is 4.79 Å². The summed E-state index contributed by atoms with van der Waals surface area (Å²) in [5.41, 5.74) is 5.66. The lowest BCUT2D eigenvalue weighted by Crippen LogP contribution is -2.44. The lowest BCUT2D eigenvalue weighted by molar-refractivity contribution is -0.132. The highest BCUT2D eigenvalue weighted by Gasteiger charge is 2.20. The summed E-state index contributed by atoms with van der Waals surface area (Å²) < 4.78 is 0. The Bertz CT molecular complexity index is 226. The molecule has 14 heavy (non-hydrogen) atoms. The van der Waals surface area contributed by atoms with Crippen LogP contribution in [0.4, 0.5) is 0 Å². The predicted octanol–water partition coefficient (Wildman–Crippen LogP) is -0.841. The second-order valence-corrected chi connectivity index (χ2v) is 3.44. The first-order chi connectivity index (χ1) is 6.75. The molecule has 1 rings (SSSR count). The highest BCUT2D eigenvalue weighted by molar-refractivity contribution is 5.82. The van der Waals surface area contributed by atoms with Gasteiger partial charge >= 0.3 is 0 Å². The number of rotatable bonds is 2. The zero-order valence-electron chi connectivity index (χ0n) is 8.33. The molecule has 1 heterocycles. The van der Waals surface area contributed by atoms with Gasteiger partial charge in [0.05, 0.1) is 6.04 Å². The van der Waals surface area contributed by atoms with E-state index in [4.69, 9.17) is 12.2 Å². The molecular formula is C10H17N3O. The van der Waals surface area contributed by atoms with Gasteiger partial charge in [-0.05, 0) is 13.0 Å². The van der Waals surface area contributed by atoms with Crippen molar-refractivity contribution in [2.24, 2.45) is 5.73 Å². The fraction of sp³-hybridized carbons (Fsp3) is 0.700. The van der Waals surface area contributed by atoms with Crippen LogP contribution in [-0.2, 0) is 4.79 Å². The number of hydrogen-bond acceptors (Lipinski definition) is 3. The van der Waals surface area contributed by atoms with Gasteiger partial charge in [0.2, 0.25) is 5.91 Å². The fourth-order valence-corrected chi connectivity index (χ4v) is 1.51. The molecule has 4 nitrogen and oxygen atoms in total. The maximum absolute atomic E-state index is 11.7. The number of terminal acetylenes is 1. The van der Waals surface area contributed by atoms with E-state index in [-0.39, 0.29) is 5.91 Å². The van der Waals surface area contributed by atoms with Gasteiger partial charge in [0, 0.05) is 26.1 Å². The van der Waals surface area contributed by atoms with Crippen LogP contribution in [-0.4, -0.2) is 43.0 Å². The minimum Gasteiger partial charge on any atom is -0.340 e. The second-order valence-electron chi connectivity index (χ2n) is 3.44. The van der Waals surface area contributed by atoms with Gasteiger partial charge in [0.25, 0.3) is 0 Å². The van der Waals surface area contributed by atoms with Crippen LogP contribution >= 0.6 is 0 Å². The summed E-state index contributed by atoms with van der Waals surface area (Å²) in [6.45, 7) is 3.32. The highest BCUT2D eigenvalue weighted by Crippen LogP contribution is 2.00. The van der Waals surface area contributed by atoms with E-state index < -0.39 is 6.04 Å². The number of carbonyl (C=O) groups excluding carboxylic acids is 1. The number of nitrogens with two attached hydrogens (primary N) is 1. The van der Waals surface area contributed by atoms with Crippen LogP contribution in [0.1, 0.15) is 12.8 Å². The van der Waals surface area contributed by atoms with E-state index in [1.54, 1.807) is 4.90 Å². The van der Waals surface area contributed by atoms with Gasteiger partial charge in [-0.15, -0.1) is 12.3 Å². The minimum absolute atomic E-state index is 0.0216. The average molecular weight is 195 g/mol. The molecule has 0 aliphatic carbocycles. The van der Waals surface area contributed by atoms with E-state index in [0.717, 1.165) is 32.6 Å². The van der Waals surface area contributed by atoms with Crippen LogP contribution in [0.25, 0.3) is 0 Å². The number of nitrogens with zero attached hydrogens (tertiary/aromatic N) is 1. The molecule has 1 saturated heterocycles. The van der Waals surface area contributed by atoms with Crippen LogP contribution in [0.2, 0.25) is 0 Å². The molecule has 0 aromatic rings. The zero-order valence-corrected chi connectivity index (χ0v) is 8.33. The van der Waals surface area contributed by atoms with Gasteiger partial charge < -0.3 is 16.0 Å². The van der Waals surface area contributed by atoms with Crippen molar-refractivity contribution in [2.45, 2.75) is 18.9 Å². The molecule has 1 amide bonds. The first kappa shape index (κ1) is 11.0. The fourth-order valence-electron chi connectivity index (χ4n) is 1.51. The molecule has 1 aliphatic heterocycles. The normalized spacial score (nSPS) is 19.6. The van der Waals surface area contributed by atoms with E-state index in [2.05, 4.69) is 11.2 Å². The molecule has 0 aromatic carbocycles. The summed E-state index contributed by atoms with van der Waals surface area (Å²) in [6, 6.07) is -0.530. The minimum atomic E-state index is -0.530. The van der Waals surface area contributed by atoms with Crippen molar-refractivity contribution in [3.63, 3.8) is 0 Å². The van der Waals surface area contributed by atoms with Gasteiger partial charge in [-0.25, -0.2) is 0 Å². The van der Waals surface area contributed by atoms with Gasteiger partial charge in [-0.2, -0.15) is 0 Å². The summed E-state index contributed by atoms with van der Waals surface area (Å²) in [7, 11) is 0. The lowest BCUT2D eigenvalue weighted by atomic mass is 10.2. The Labute approximate surface area is 84.8 Å². The first-order valence-corrected chi connectivity index (χ1v) is 4.94. The van der Waals surface area contributed by atoms with Crippen LogP contribution in [0.5, 0.6) is 0 Å². The topological polar surface area (TPSA) is 58.4 Å². The predicted molar refractivity (Wildman–Crippen MR) is 55.5 cm³/mol. The summed E-state index contributed by atoms with van der Waals surface area (Å²) in [6.07, 6.45) is 6.42. The molecule has 4 heteroatoms. The Hall–Kier alpha value is -1.05. The summed E-state index contributed by atoms with van der Waals surface area (Å²) >= 11 is 0. The Morgan fingerprint density at radius 2 is 2.36 bits per heavy atom. The number of hydrogen-bond donors (Lipinski definition) is 2. The lowest BCUT2D eigenvalue weighted by Gasteiger charge is -2.22. The zero-order chi connectivity index (χ0) is 10.4. The van der Waals surface area contributed by atoms with Gasteiger partial charge in [0.15, 0.2) is 0 Å². The summed E-state index contributed by atoms with van der Waals surface area (Å²) in [5.74, 6) is 2.39. The second kappa shape index (κ2) is 5.63. The maximum atomic E-state index is 11.7. The molecule has 0 saturated carbocycles. The van der Waals surface area contributed by atoms with Crippen LogP contribution in [0.15, 0.2) is 0 Å². The Kier molecular flexibility index (Phi) is 4.44. The van der Waals surface area contributed by atoms with Crippen molar-refractivity contribution in [3.05, 3.63) is 0 Å². The van der Waals surface area contributed by atoms with Crippen LogP contribution < -0.4 is 11.1 Å². The third-order valence-electron chi connectivity index (χ3n) is 2.31. The van der Waals surface area contributed by atoms with Crippen LogP contribution in [0.3, 0.4) is 0 Å². The van der Waals surface area contributed by atoms with E-state index >= 15 is 0 Å². The Morgan fingerprint density at radius 3 is 3.07 bits per heavy atom. The van der Waals surface area contributed by atoms with Gasteiger partial charge in [0.1, 0.15) is 0 Å². The Morgan fingerprint density at radius 1 is 1.57 bits per heavy atom. The number of nitrogens with one attached hydrogen (secondary N) is 1. The Balaban J connectivity index is 2.45. The van der Waals surface area contributed by atoms with E-state index in [9.17, 15) is 4.79 Å². The quantitative estimate of drug-likeness (QED) is 0.565. The van der Waals surface area contributed by atoms with Crippen molar-refractivity contribution in [1.82, 2.24) is 10.2 Å². The van der Waals surface area contributed by atoms with E-state index in [1.807, 2.05) is 0 Å². The molecule has 0 bridgehead atoms. The molecular weight excluding hydrogens is 178 g/mol. The number of carbonyl (C=O) groups is 1. The SMILES string of the molecule is C#CCC(N)C(=O)N1CCCNCC1. The van der Waals surface area contributed by atoms with Crippen LogP contribution in [0, 0.1) is 12.3 Å². The molecule has 1 unspecified atom stereocenters. The van der Waals surface area contributed by atoms with E-state index in [1.165, 1.54) is 0 Å². The number of amides is 1. The molecule has 1 aliphatic rings. The van der Waals surface area contributed by atoms with Crippen molar-refractivity contribution in [1.29, 1.82) is 0 Å². The molecule has 0 spiro atoms. The molecule has 1 atom stereocenters. The third kappa shape index (κ3) is 3.02. The molecule has 3 N–H and O–H groups in total. The third-order valence-corrected chi connectivity index (χ3v) is 2.31. The van der Waals surface area contributed by atoms with Gasteiger partial charge in [-0.1, -0.05) is 0 Å². The average Bonchev–Trinajstić information content (AvgIpc) is 2.45. The monoisotopic (exact) mass is 195 g/mol. The van der Waals surface area contributed by atoms with Crippen molar-refractivity contribution >= 4 is 5.91 Å². The largest absolute Gasteiger partial charge is 0.340 e. The molecule has 78 valence electrons. The maximum Gasteiger partial charge on any atom is 0.240 e. The van der Waals surface area contributed by atoms with Crippen molar-refractivity contribution in [2.75, 3.05) is 26.2 Å². The smallest absolute Gasteiger partial charge is 0.240 e.